The topological polar surface area (TPSA) is 49.8 Å². The Morgan fingerprint density at radius 3 is 2.83 bits per heavy atom. The Morgan fingerprint density at radius 2 is 2.07 bits per heavy atom. The SMILES string of the molecule is CCCC(C/C=C/C1=C(F)C(C)CC=C1NCc1ccc2nccnc2c1)NC.[HH].[HH]. The summed E-state index contributed by atoms with van der Waals surface area (Å²) in [5.74, 6) is -0.112. The third-order valence-electron chi connectivity index (χ3n) is 5.42. The van der Waals surface area contributed by atoms with Crippen molar-refractivity contribution in [3.05, 3.63) is 71.5 Å². The van der Waals surface area contributed by atoms with E-state index in [0.717, 1.165) is 41.6 Å². The molecule has 0 amide bonds. The predicted molar refractivity (Wildman–Crippen MR) is 122 cm³/mol. The Morgan fingerprint density at radius 1 is 1.28 bits per heavy atom. The molecule has 4 nitrogen and oxygen atoms in total. The number of allylic oxidation sites excluding steroid dienone is 3. The van der Waals surface area contributed by atoms with E-state index in [2.05, 4.69) is 39.7 Å². The van der Waals surface area contributed by atoms with E-state index in [4.69, 9.17) is 0 Å². The van der Waals surface area contributed by atoms with Gasteiger partial charge in [0, 0.05) is 45.0 Å². The molecule has 29 heavy (non-hydrogen) atoms. The van der Waals surface area contributed by atoms with Crippen LogP contribution >= 0.6 is 0 Å². The Labute approximate surface area is 176 Å². The normalized spacial score (nSPS) is 18.3. The third kappa shape index (κ3) is 5.51. The molecule has 2 unspecified atom stereocenters. The first-order chi connectivity index (χ1) is 14.1. The van der Waals surface area contributed by atoms with E-state index in [9.17, 15) is 4.39 Å². The van der Waals surface area contributed by atoms with E-state index in [1.165, 1.54) is 0 Å². The van der Waals surface area contributed by atoms with Crippen LogP contribution in [0.3, 0.4) is 0 Å². The van der Waals surface area contributed by atoms with E-state index in [0.29, 0.717) is 24.6 Å². The fourth-order valence-electron chi connectivity index (χ4n) is 3.63. The second-order valence-corrected chi connectivity index (χ2v) is 7.66. The summed E-state index contributed by atoms with van der Waals surface area (Å²) in [7, 11) is 1.98. The number of benzene rings is 1. The Bertz CT molecular complexity index is 927. The molecule has 0 fully saturated rings. The van der Waals surface area contributed by atoms with Gasteiger partial charge in [0.1, 0.15) is 5.83 Å². The molecular weight excluding hydrogens is 363 g/mol. The lowest BCUT2D eigenvalue weighted by atomic mass is 9.93. The molecule has 1 aromatic carbocycles. The van der Waals surface area contributed by atoms with Gasteiger partial charge in [0.15, 0.2) is 0 Å². The van der Waals surface area contributed by atoms with Crippen molar-refractivity contribution in [3.8, 4) is 0 Å². The number of rotatable bonds is 9. The van der Waals surface area contributed by atoms with Crippen molar-refractivity contribution < 1.29 is 7.24 Å². The highest BCUT2D eigenvalue weighted by atomic mass is 19.1. The van der Waals surface area contributed by atoms with Crippen molar-refractivity contribution in [2.75, 3.05) is 7.05 Å². The summed E-state index contributed by atoms with van der Waals surface area (Å²) in [5, 5.41) is 6.76. The smallest absolute Gasteiger partial charge is 0.112 e. The van der Waals surface area contributed by atoms with Crippen molar-refractivity contribution >= 4 is 11.0 Å². The number of hydrogen-bond acceptors (Lipinski definition) is 4. The number of nitrogens with zero attached hydrogens (tertiary/aromatic N) is 2. The summed E-state index contributed by atoms with van der Waals surface area (Å²) < 4.78 is 14.9. The van der Waals surface area contributed by atoms with Crippen LogP contribution in [0.15, 0.2) is 65.9 Å². The Kier molecular flexibility index (Phi) is 7.53. The van der Waals surface area contributed by atoms with Crippen LogP contribution in [0.1, 0.15) is 47.9 Å². The number of nitrogens with one attached hydrogen (secondary N) is 2. The molecule has 2 atom stereocenters. The minimum absolute atomic E-state index is 0. The van der Waals surface area contributed by atoms with Crippen LogP contribution in [0, 0.1) is 5.92 Å². The summed E-state index contributed by atoms with van der Waals surface area (Å²) in [6.45, 7) is 4.74. The van der Waals surface area contributed by atoms with E-state index < -0.39 is 0 Å². The average molecular weight is 399 g/mol. The highest BCUT2D eigenvalue weighted by molar-refractivity contribution is 5.74. The van der Waals surface area contributed by atoms with Crippen molar-refractivity contribution in [2.24, 2.45) is 5.92 Å². The van der Waals surface area contributed by atoms with Gasteiger partial charge in [-0.3, -0.25) is 9.97 Å². The quantitative estimate of drug-likeness (QED) is 0.569. The fourth-order valence-corrected chi connectivity index (χ4v) is 3.63. The van der Waals surface area contributed by atoms with Crippen LogP contribution < -0.4 is 10.6 Å². The molecule has 3 rings (SSSR count). The highest BCUT2D eigenvalue weighted by Crippen LogP contribution is 2.31. The van der Waals surface area contributed by atoms with E-state index >= 15 is 0 Å². The fraction of sp³-hybridized carbons (Fsp3) is 0.417. The van der Waals surface area contributed by atoms with E-state index in [-0.39, 0.29) is 14.6 Å². The molecule has 1 aromatic heterocycles. The first kappa shape index (κ1) is 21.2. The monoisotopic (exact) mass is 398 g/mol. The summed E-state index contributed by atoms with van der Waals surface area (Å²) in [6.07, 6.45) is 13.4. The van der Waals surface area contributed by atoms with E-state index in [1.54, 1.807) is 12.4 Å². The van der Waals surface area contributed by atoms with Gasteiger partial charge in [-0.25, -0.2) is 4.39 Å². The second kappa shape index (κ2) is 10.3. The molecule has 2 aromatic rings. The van der Waals surface area contributed by atoms with Gasteiger partial charge in [-0.1, -0.05) is 44.6 Å². The van der Waals surface area contributed by atoms with Crippen LogP contribution in [0.5, 0.6) is 0 Å². The summed E-state index contributed by atoms with van der Waals surface area (Å²) in [4.78, 5) is 8.67. The predicted octanol–water partition coefficient (Wildman–Crippen LogP) is 5.69. The number of hydrogen-bond donors (Lipinski definition) is 2. The molecule has 1 heterocycles. The van der Waals surface area contributed by atoms with Gasteiger partial charge in [0.25, 0.3) is 0 Å². The van der Waals surface area contributed by atoms with E-state index in [1.807, 2.05) is 38.2 Å². The van der Waals surface area contributed by atoms with Crippen molar-refractivity contribution in [3.63, 3.8) is 0 Å². The van der Waals surface area contributed by atoms with Crippen LogP contribution in [-0.4, -0.2) is 23.1 Å². The van der Waals surface area contributed by atoms with Crippen LogP contribution in [0.2, 0.25) is 0 Å². The van der Waals surface area contributed by atoms with Gasteiger partial charge in [-0.15, -0.1) is 0 Å². The lowest BCUT2D eigenvalue weighted by molar-refractivity contribution is 0.478. The van der Waals surface area contributed by atoms with Gasteiger partial charge in [-0.05, 0) is 44.0 Å². The summed E-state index contributed by atoms with van der Waals surface area (Å²) in [6, 6.07) is 6.46. The van der Waals surface area contributed by atoms with Gasteiger partial charge in [0.2, 0.25) is 0 Å². The van der Waals surface area contributed by atoms with Crippen molar-refractivity contribution in [1.82, 2.24) is 20.6 Å². The van der Waals surface area contributed by atoms with Gasteiger partial charge in [-0.2, -0.15) is 0 Å². The number of aromatic nitrogens is 2. The van der Waals surface area contributed by atoms with Crippen molar-refractivity contribution in [1.29, 1.82) is 0 Å². The standard InChI is InChI=1S/C24H31FN4.2H2/c1-4-6-19(26-3)7-5-8-20-21(11-9-17(2)24(20)25)29-16-18-10-12-22-23(15-18)28-14-13-27-22;;/h5,8,10-15,17,19,26,29H,4,6-7,9,16H2,1-3H3;2*1H/b8-5+;;. The minimum atomic E-state index is -0.0770. The van der Waals surface area contributed by atoms with Crippen LogP contribution in [-0.2, 0) is 6.54 Å². The number of halogens is 1. The Balaban J connectivity index is 0.00000240. The lowest BCUT2D eigenvalue weighted by Crippen LogP contribution is -2.24. The van der Waals surface area contributed by atoms with Gasteiger partial charge in [0.05, 0.1) is 11.0 Å². The largest absolute Gasteiger partial charge is 0.381 e. The summed E-state index contributed by atoms with van der Waals surface area (Å²) in [5.41, 5.74) is 4.39. The van der Waals surface area contributed by atoms with Crippen LogP contribution in [0.25, 0.3) is 11.0 Å². The average Bonchev–Trinajstić information content (AvgIpc) is 2.75. The zero-order valence-corrected chi connectivity index (χ0v) is 17.6. The first-order valence-corrected chi connectivity index (χ1v) is 10.5. The maximum Gasteiger partial charge on any atom is 0.112 e. The molecule has 1 aliphatic carbocycles. The molecule has 158 valence electrons. The second-order valence-electron chi connectivity index (χ2n) is 7.66. The third-order valence-corrected chi connectivity index (χ3v) is 5.42. The van der Waals surface area contributed by atoms with Gasteiger partial charge < -0.3 is 10.6 Å². The zero-order valence-electron chi connectivity index (χ0n) is 17.6. The molecule has 0 saturated heterocycles. The molecular formula is C24H35FN4. The molecule has 0 radical (unpaired) electrons. The summed E-state index contributed by atoms with van der Waals surface area (Å²) >= 11 is 0. The molecule has 1 aliphatic rings. The molecule has 2 N–H and O–H groups in total. The van der Waals surface area contributed by atoms with Crippen molar-refractivity contribution in [2.45, 2.75) is 52.1 Å². The number of fused-ring (bicyclic) bond motifs is 1. The lowest BCUT2D eigenvalue weighted by Gasteiger charge is -2.22. The molecule has 0 aliphatic heterocycles. The molecule has 0 spiro atoms. The maximum atomic E-state index is 14.9. The molecule has 0 saturated carbocycles. The maximum absolute atomic E-state index is 14.9. The first-order valence-electron chi connectivity index (χ1n) is 10.5. The zero-order chi connectivity index (χ0) is 20.6. The minimum Gasteiger partial charge on any atom is -0.381 e. The highest BCUT2D eigenvalue weighted by Gasteiger charge is 2.20. The Hall–Kier alpha value is -2.53. The molecule has 5 heteroatoms. The van der Waals surface area contributed by atoms with Gasteiger partial charge >= 0.3 is 0 Å². The van der Waals surface area contributed by atoms with Crippen LogP contribution in [0.4, 0.5) is 4.39 Å². The molecule has 0 bridgehead atoms.